The number of alkyl carbamates (subject to hydrolysis) is 1. The van der Waals surface area contributed by atoms with Crippen molar-refractivity contribution in [2.45, 2.75) is 45.8 Å². The van der Waals surface area contributed by atoms with Gasteiger partial charge in [-0.3, -0.25) is 4.68 Å². The minimum Gasteiger partial charge on any atom is -0.496 e. The first-order valence-corrected chi connectivity index (χ1v) is 11.0. The number of hydrogen-bond acceptors (Lipinski definition) is 7. The van der Waals surface area contributed by atoms with Crippen LogP contribution in [-0.4, -0.2) is 51.1 Å². The Hall–Kier alpha value is -3.69. The van der Waals surface area contributed by atoms with Crippen molar-refractivity contribution in [1.82, 2.24) is 25.1 Å². The Bertz CT molecular complexity index is 1140. The van der Waals surface area contributed by atoms with E-state index in [9.17, 15) is 9.18 Å². The average molecular weight is 471 g/mol. The summed E-state index contributed by atoms with van der Waals surface area (Å²) < 4.78 is 27.0. The molecule has 0 fully saturated rings. The number of nitrogens with zero attached hydrogens (tertiary/aromatic N) is 4. The van der Waals surface area contributed by atoms with Gasteiger partial charge >= 0.3 is 6.09 Å². The summed E-state index contributed by atoms with van der Waals surface area (Å²) in [5, 5.41) is 9.97. The fourth-order valence-corrected chi connectivity index (χ4v) is 3.24. The number of benzene rings is 1. The van der Waals surface area contributed by atoms with Gasteiger partial charge in [0.2, 0.25) is 0 Å². The number of hydrogen-bond donors (Lipinski definition) is 2. The van der Waals surface area contributed by atoms with Crippen LogP contribution in [0.2, 0.25) is 0 Å². The first kappa shape index (κ1) is 24.9. The molecule has 0 radical (unpaired) electrons. The molecule has 182 valence electrons. The maximum atomic E-state index is 14.5. The van der Waals surface area contributed by atoms with Gasteiger partial charge in [0.1, 0.15) is 11.4 Å². The normalized spacial score (nSPS) is 12.2. The van der Waals surface area contributed by atoms with Crippen LogP contribution in [0.25, 0.3) is 22.5 Å². The Kier molecular flexibility index (Phi) is 7.70. The zero-order valence-corrected chi connectivity index (χ0v) is 20.3. The highest BCUT2D eigenvalue weighted by molar-refractivity contribution is 5.74. The molecule has 0 aliphatic heterocycles. The summed E-state index contributed by atoms with van der Waals surface area (Å²) in [6.45, 7) is 7.56. The van der Waals surface area contributed by atoms with Crippen LogP contribution in [0.3, 0.4) is 0 Å². The van der Waals surface area contributed by atoms with Gasteiger partial charge in [-0.2, -0.15) is 5.10 Å². The van der Waals surface area contributed by atoms with E-state index < -0.39 is 17.5 Å². The van der Waals surface area contributed by atoms with Gasteiger partial charge in [-0.1, -0.05) is 13.0 Å². The zero-order valence-electron chi connectivity index (χ0n) is 20.3. The number of ether oxygens (including phenoxy) is 2. The summed E-state index contributed by atoms with van der Waals surface area (Å²) in [5.74, 6) is 0.296. The summed E-state index contributed by atoms with van der Waals surface area (Å²) in [5.41, 5.74) is 1.84. The highest BCUT2D eigenvalue weighted by Crippen LogP contribution is 2.33. The maximum Gasteiger partial charge on any atom is 0.407 e. The van der Waals surface area contributed by atoms with Crippen molar-refractivity contribution in [3.05, 3.63) is 42.6 Å². The van der Waals surface area contributed by atoms with Gasteiger partial charge < -0.3 is 20.1 Å². The largest absolute Gasteiger partial charge is 0.496 e. The van der Waals surface area contributed by atoms with E-state index in [-0.39, 0.29) is 18.4 Å². The number of anilines is 1. The fourth-order valence-electron chi connectivity index (χ4n) is 3.24. The van der Waals surface area contributed by atoms with Crippen molar-refractivity contribution in [3.63, 3.8) is 0 Å². The van der Waals surface area contributed by atoms with Crippen molar-refractivity contribution in [3.8, 4) is 28.3 Å². The van der Waals surface area contributed by atoms with Crippen LogP contribution in [0.5, 0.6) is 5.75 Å². The van der Waals surface area contributed by atoms with Gasteiger partial charge in [-0.15, -0.1) is 0 Å². The Balaban J connectivity index is 1.81. The topological polar surface area (TPSA) is 103 Å². The van der Waals surface area contributed by atoms with E-state index >= 15 is 0 Å². The molecule has 2 N–H and O–H groups in total. The Morgan fingerprint density at radius 2 is 2.00 bits per heavy atom. The van der Waals surface area contributed by atoms with Crippen molar-refractivity contribution >= 4 is 11.9 Å². The third-order valence-corrected chi connectivity index (χ3v) is 4.95. The van der Waals surface area contributed by atoms with Gasteiger partial charge in [0.25, 0.3) is 0 Å². The molecular formula is C24H31FN6O3. The van der Waals surface area contributed by atoms with Crippen molar-refractivity contribution in [2.75, 3.05) is 19.0 Å². The van der Waals surface area contributed by atoms with E-state index in [1.165, 1.54) is 0 Å². The van der Waals surface area contributed by atoms with Gasteiger partial charge in [-0.05, 0) is 44.9 Å². The third-order valence-electron chi connectivity index (χ3n) is 4.95. The highest BCUT2D eigenvalue weighted by Gasteiger charge is 2.20. The molecule has 3 aromatic rings. The molecule has 0 bridgehead atoms. The van der Waals surface area contributed by atoms with Crippen LogP contribution in [0, 0.1) is 5.82 Å². The number of methoxy groups -OCH3 is 1. The zero-order chi connectivity index (χ0) is 24.9. The predicted molar refractivity (Wildman–Crippen MR) is 128 cm³/mol. The van der Waals surface area contributed by atoms with E-state index in [4.69, 9.17) is 9.47 Å². The number of nitrogens with one attached hydrogen (secondary N) is 2. The lowest BCUT2D eigenvalue weighted by atomic mass is 10.0. The third kappa shape index (κ3) is 6.43. The van der Waals surface area contributed by atoms with Gasteiger partial charge in [-0.25, -0.2) is 19.2 Å². The van der Waals surface area contributed by atoms with Crippen molar-refractivity contribution in [2.24, 2.45) is 7.05 Å². The fraction of sp³-hybridized carbons (Fsp3) is 0.417. The lowest BCUT2D eigenvalue weighted by molar-refractivity contribution is 0.0506. The number of amides is 1. The van der Waals surface area contributed by atoms with Crippen molar-refractivity contribution < 1.29 is 18.7 Å². The van der Waals surface area contributed by atoms with Gasteiger partial charge in [0.15, 0.2) is 17.5 Å². The second kappa shape index (κ2) is 10.5. The molecular weight excluding hydrogens is 439 g/mol. The summed E-state index contributed by atoms with van der Waals surface area (Å²) in [6, 6.07) is 5.33. The number of halogens is 1. The highest BCUT2D eigenvalue weighted by atomic mass is 19.1. The monoisotopic (exact) mass is 470 g/mol. The SMILES string of the molecule is CC[C@H](CNc1nc(-c2cc(-c3cnn(C)c3)ccc2OC)ncc1F)NC(=O)OC(C)(C)C. The maximum absolute atomic E-state index is 14.5. The summed E-state index contributed by atoms with van der Waals surface area (Å²) in [6.07, 6.45) is 4.86. The van der Waals surface area contributed by atoms with Gasteiger partial charge in [0, 0.05) is 31.4 Å². The quantitative estimate of drug-likeness (QED) is 0.503. The van der Waals surface area contributed by atoms with Crippen LogP contribution in [0.15, 0.2) is 36.8 Å². The smallest absolute Gasteiger partial charge is 0.407 e. The first-order chi connectivity index (χ1) is 16.1. The molecule has 9 nitrogen and oxygen atoms in total. The molecule has 0 saturated heterocycles. The Morgan fingerprint density at radius 1 is 1.24 bits per heavy atom. The van der Waals surface area contributed by atoms with Crippen molar-refractivity contribution in [1.29, 1.82) is 0 Å². The summed E-state index contributed by atoms with van der Waals surface area (Å²) in [4.78, 5) is 20.7. The molecule has 0 unspecified atom stereocenters. The molecule has 10 heteroatoms. The Morgan fingerprint density at radius 3 is 2.62 bits per heavy atom. The van der Waals surface area contributed by atoms with Crippen LogP contribution >= 0.6 is 0 Å². The standard InChI is InChI=1S/C24H31FN6O3/c1-7-17(29-23(32)34-24(2,3)4)12-26-22-19(25)13-27-21(30-22)18-10-15(8-9-20(18)33-6)16-11-28-31(5)14-16/h8-11,13-14,17H,7,12H2,1-6H3,(H,29,32)(H,26,27,30)/t17-/m1/s1. The molecule has 3 rings (SSSR count). The van der Waals surface area contributed by atoms with E-state index in [0.717, 1.165) is 17.3 Å². The molecule has 0 aliphatic carbocycles. The van der Waals surface area contributed by atoms with Gasteiger partial charge in [0.05, 0.1) is 25.1 Å². The number of carbonyl (C=O) groups is 1. The predicted octanol–water partition coefficient (Wildman–Crippen LogP) is 4.41. The molecule has 1 amide bonds. The number of rotatable bonds is 8. The molecule has 0 aliphatic rings. The summed E-state index contributed by atoms with van der Waals surface area (Å²) in [7, 11) is 3.40. The van der Waals surface area contributed by atoms with E-state index in [1.54, 1.807) is 38.8 Å². The molecule has 2 heterocycles. The number of carbonyl (C=O) groups excluding carboxylic acids is 1. The van der Waals surface area contributed by atoms with Crippen LogP contribution in [-0.2, 0) is 11.8 Å². The average Bonchev–Trinajstić information content (AvgIpc) is 3.22. The minimum absolute atomic E-state index is 0.0308. The lowest BCUT2D eigenvalue weighted by Crippen LogP contribution is -2.42. The number of aryl methyl sites for hydroxylation is 1. The first-order valence-electron chi connectivity index (χ1n) is 11.0. The molecule has 2 aromatic heterocycles. The van der Waals surface area contributed by atoms with E-state index in [1.807, 2.05) is 38.4 Å². The molecule has 1 atom stereocenters. The molecule has 34 heavy (non-hydrogen) atoms. The van der Waals surface area contributed by atoms with E-state index in [0.29, 0.717) is 23.6 Å². The molecule has 0 saturated carbocycles. The van der Waals surface area contributed by atoms with Crippen LogP contribution in [0.4, 0.5) is 15.0 Å². The van der Waals surface area contributed by atoms with Crippen LogP contribution < -0.4 is 15.4 Å². The second-order valence-electron chi connectivity index (χ2n) is 8.84. The second-order valence-corrected chi connectivity index (χ2v) is 8.84. The number of aromatic nitrogens is 4. The van der Waals surface area contributed by atoms with E-state index in [2.05, 4.69) is 25.7 Å². The minimum atomic E-state index is -0.604. The molecule has 1 aromatic carbocycles. The summed E-state index contributed by atoms with van der Waals surface area (Å²) >= 11 is 0. The lowest BCUT2D eigenvalue weighted by Gasteiger charge is -2.23. The molecule has 0 spiro atoms. The Labute approximate surface area is 198 Å². The van der Waals surface area contributed by atoms with Crippen LogP contribution in [0.1, 0.15) is 34.1 Å².